The van der Waals surface area contributed by atoms with E-state index in [1.165, 1.54) is 24.4 Å². The first-order valence-corrected chi connectivity index (χ1v) is 8.68. The van der Waals surface area contributed by atoms with E-state index in [0.29, 0.717) is 5.39 Å². The van der Waals surface area contributed by atoms with Crippen molar-refractivity contribution in [1.82, 2.24) is 8.96 Å². The SMILES string of the molecule is Cc1ccc(S(=O)(=O)n2ccc3c(Br)c([N+](=O)[O-])cnc32)cc1. The van der Waals surface area contributed by atoms with Crippen LogP contribution in [0.3, 0.4) is 0 Å². The molecule has 2 aromatic heterocycles. The molecule has 0 atom stereocenters. The monoisotopic (exact) mass is 395 g/mol. The Kier molecular flexibility index (Phi) is 3.69. The molecule has 0 aliphatic carbocycles. The molecule has 0 saturated heterocycles. The summed E-state index contributed by atoms with van der Waals surface area (Å²) in [6.07, 6.45) is 2.37. The molecule has 0 spiro atoms. The Balaban J connectivity index is 2.23. The van der Waals surface area contributed by atoms with Gasteiger partial charge in [-0.15, -0.1) is 0 Å². The third-order valence-electron chi connectivity index (χ3n) is 3.37. The van der Waals surface area contributed by atoms with Gasteiger partial charge in [-0.1, -0.05) is 17.7 Å². The van der Waals surface area contributed by atoms with E-state index in [1.807, 2.05) is 6.92 Å². The van der Waals surface area contributed by atoms with Gasteiger partial charge in [0.05, 0.1) is 9.82 Å². The summed E-state index contributed by atoms with van der Waals surface area (Å²) in [5.74, 6) is 0. The van der Waals surface area contributed by atoms with E-state index in [9.17, 15) is 18.5 Å². The van der Waals surface area contributed by atoms with Gasteiger partial charge in [-0.3, -0.25) is 10.1 Å². The van der Waals surface area contributed by atoms with Crippen molar-refractivity contribution in [2.75, 3.05) is 0 Å². The number of hydrogen-bond donors (Lipinski definition) is 0. The fourth-order valence-corrected chi connectivity index (χ4v) is 4.02. The molecule has 7 nitrogen and oxygen atoms in total. The minimum absolute atomic E-state index is 0.122. The second-order valence-electron chi connectivity index (χ2n) is 4.88. The van der Waals surface area contributed by atoms with Crippen molar-refractivity contribution in [3.63, 3.8) is 0 Å². The molecule has 0 radical (unpaired) electrons. The summed E-state index contributed by atoms with van der Waals surface area (Å²) in [5, 5.41) is 11.3. The molecule has 0 aliphatic rings. The Morgan fingerprint density at radius 2 is 1.87 bits per heavy atom. The largest absolute Gasteiger partial charge is 0.302 e. The van der Waals surface area contributed by atoms with Gasteiger partial charge in [-0.25, -0.2) is 17.4 Å². The number of nitrogens with zero attached hydrogens (tertiary/aromatic N) is 3. The van der Waals surface area contributed by atoms with E-state index in [2.05, 4.69) is 20.9 Å². The fourth-order valence-electron chi connectivity index (χ4n) is 2.17. The van der Waals surface area contributed by atoms with Crippen LogP contribution in [0.25, 0.3) is 11.0 Å². The quantitative estimate of drug-likeness (QED) is 0.500. The molecule has 2 heterocycles. The van der Waals surface area contributed by atoms with Crippen LogP contribution in [0.15, 0.2) is 52.1 Å². The number of aromatic nitrogens is 2. The second kappa shape index (κ2) is 5.43. The highest BCUT2D eigenvalue weighted by molar-refractivity contribution is 9.10. The maximum Gasteiger partial charge on any atom is 0.302 e. The van der Waals surface area contributed by atoms with Crippen LogP contribution in [0.1, 0.15) is 5.56 Å². The normalized spacial score (nSPS) is 11.7. The highest BCUT2D eigenvalue weighted by Crippen LogP contribution is 2.33. The van der Waals surface area contributed by atoms with Gasteiger partial charge < -0.3 is 0 Å². The van der Waals surface area contributed by atoms with Gasteiger partial charge in [0.2, 0.25) is 0 Å². The predicted octanol–water partition coefficient (Wildman–Crippen LogP) is 3.25. The highest BCUT2D eigenvalue weighted by atomic mass is 79.9. The first-order valence-electron chi connectivity index (χ1n) is 6.44. The van der Waals surface area contributed by atoms with Crippen LogP contribution in [0.5, 0.6) is 0 Å². The van der Waals surface area contributed by atoms with Crippen molar-refractivity contribution in [3.05, 3.63) is 62.9 Å². The zero-order chi connectivity index (χ0) is 16.8. The molecular weight excluding hydrogens is 386 g/mol. The summed E-state index contributed by atoms with van der Waals surface area (Å²) < 4.78 is 26.7. The third kappa shape index (κ3) is 2.51. The molecule has 0 N–H and O–H groups in total. The first-order chi connectivity index (χ1) is 10.8. The van der Waals surface area contributed by atoms with Gasteiger partial charge in [-0.05, 0) is 41.1 Å². The van der Waals surface area contributed by atoms with Gasteiger partial charge >= 0.3 is 5.69 Å². The maximum absolute atomic E-state index is 12.7. The number of halogens is 1. The number of rotatable bonds is 3. The maximum atomic E-state index is 12.7. The van der Waals surface area contributed by atoms with Crippen LogP contribution in [-0.2, 0) is 10.0 Å². The zero-order valence-electron chi connectivity index (χ0n) is 11.8. The van der Waals surface area contributed by atoms with Crippen LogP contribution >= 0.6 is 15.9 Å². The van der Waals surface area contributed by atoms with E-state index < -0.39 is 14.9 Å². The van der Waals surface area contributed by atoms with E-state index in [0.717, 1.165) is 15.7 Å². The van der Waals surface area contributed by atoms with Crippen molar-refractivity contribution in [1.29, 1.82) is 0 Å². The summed E-state index contributed by atoms with van der Waals surface area (Å²) in [4.78, 5) is 14.4. The molecule has 3 rings (SSSR count). The van der Waals surface area contributed by atoms with Crippen LogP contribution in [0, 0.1) is 17.0 Å². The summed E-state index contributed by atoms with van der Waals surface area (Å²) in [5.41, 5.74) is 0.851. The second-order valence-corrected chi connectivity index (χ2v) is 7.49. The lowest BCUT2D eigenvalue weighted by Crippen LogP contribution is -2.12. The average molecular weight is 396 g/mol. The van der Waals surface area contributed by atoms with Crippen molar-refractivity contribution < 1.29 is 13.3 Å². The summed E-state index contributed by atoms with van der Waals surface area (Å²) in [6, 6.07) is 7.90. The number of fused-ring (bicyclic) bond motifs is 1. The van der Waals surface area contributed by atoms with Crippen LogP contribution in [0.4, 0.5) is 5.69 Å². The Bertz CT molecular complexity index is 1030. The fraction of sp³-hybridized carbons (Fsp3) is 0.0714. The molecule has 1 aromatic carbocycles. The molecule has 23 heavy (non-hydrogen) atoms. The van der Waals surface area contributed by atoms with Crippen LogP contribution in [-0.4, -0.2) is 22.3 Å². The number of pyridine rings is 1. The number of hydrogen-bond acceptors (Lipinski definition) is 5. The zero-order valence-corrected chi connectivity index (χ0v) is 14.2. The average Bonchev–Trinajstić information content (AvgIpc) is 2.93. The Labute approximate surface area is 139 Å². The van der Waals surface area contributed by atoms with Gasteiger partial charge in [0.25, 0.3) is 10.0 Å². The Morgan fingerprint density at radius 1 is 1.22 bits per heavy atom. The van der Waals surface area contributed by atoms with Gasteiger partial charge in [0.15, 0.2) is 5.65 Å². The summed E-state index contributed by atoms with van der Waals surface area (Å²) in [7, 11) is -3.83. The van der Waals surface area contributed by atoms with E-state index in [4.69, 9.17) is 0 Å². The smallest absolute Gasteiger partial charge is 0.258 e. The molecular formula is C14H10BrN3O4S. The minimum atomic E-state index is -3.83. The first kappa shape index (κ1) is 15.6. The molecule has 0 amide bonds. The highest BCUT2D eigenvalue weighted by Gasteiger charge is 2.23. The van der Waals surface area contributed by atoms with Crippen molar-refractivity contribution >= 4 is 42.7 Å². The molecule has 0 unspecified atom stereocenters. The topological polar surface area (TPSA) is 95.1 Å². The molecule has 3 aromatic rings. The van der Waals surface area contributed by atoms with Crippen molar-refractivity contribution in [2.24, 2.45) is 0 Å². The van der Waals surface area contributed by atoms with Gasteiger partial charge in [-0.2, -0.15) is 0 Å². The van der Waals surface area contributed by atoms with Crippen molar-refractivity contribution in [2.45, 2.75) is 11.8 Å². The van der Waals surface area contributed by atoms with Gasteiger partial charge in [0, 0.05) is 11.6 Å². The number of aryl methyl sites for hydroxylation is 1. The van der Waals surface area contributed by atoms with E-state index >= 15 is 0 Å². The lowest BCUT2D eigenvalue weighted by molar-refractivity contribution is -0.385. The number of nitro groups is 1. The van der Waals surface area contributed by atoms with E-state index in [1.54, 1.807) is 12.1 Å². The summed E-state index contributed by atoms with van der Waals surface area (Å²) in [6.45, 7) is 1.86. The molecule has 0 aliphatic heterocycles. The summed E-state index contributed by atoms with van der Waals surface area (Å²) >= 11 is 3.14. The molecule has 9 heteroatoms. The Morgan fingerprint density at radius 3 is 2.48 bits per heavy atom. The molecule has 118 valence electrons. The molecule has 0 fully saturated rings. The standard InChI is InChI=1S/C14H10BrN3O4S/c1-9-2-4-10(5-3-9)23(21,22)17-7-6-11-13(15)12(18(19)20)8-16-14(11)17/h2-8H,1H3. The van der Waals surface area contributed by atoms with Crippen LogP contribution in [0.2, 0.25) is 0 Å². The van der Waals surface area contributed by atoms with Crippen LogP contribution < -0.4 is 0 Å². The molecule has 0 bridgehead atoms. The van der Waals surface area contributed by atoms with Crippen molar-refractivity contribution in [3.8, 4) is 0 Å². The lowest BCUT2D eigenvalue weighted by atomic mass is 10.2. The molecule has 0 saturated carbocycles. The number of benzene rings is 1. The third-order valence-corrected chi connectivity index (χ3v) is 5.89. The Hall–Kier alpha value is -2.26. The lowest BCUT2D eigenvalue weighted by Gasteiger charge is -2.07. The van der Waals surface area contributed by atoms with Gasteiger partial charge in [0.1, 0.15) is 10.7 Å². The van der Waals surface area contributed by atoms with E-state index in [-0.39, 0.29) is 20.7 Å². The minimum Gasteiger partial charge on any atom is -0.258 e. The predicted molar refractivity (Wildman–Crippen MR) is 87.9 cm³/mol.